The standard InChI is InChI=1S/C17H21FN4O2/c1-12-9-13(20-19-12)10-17(23)22-7-5-21(6-8-22)14-3-4-15(18)16(11-14)24-2/h3-4,9,11H,5-8,10H2,1-2H3,(H,19,20). The number of piperazine rings is 1. The summed E-state index contributed by atoms with van der Waals surface area (Å²) in [5.74, 6) is -0.0536. The van der Waals surface area contributed by atoms with Gasteiger partial charge in [-0.2, -0.15) is 5.10 Å². The Hall–Kier alpha value is -2.57. The average Bonchev–Trinajstić information content (AvgIpc) is 3.00. The van der Waals surface area contributed by atoms with Crippen LogP contribution in [-0.4, -0.2) is 54.3 Å². The van der Waals surface area contributed by atoms with E-state index < -0.39 is 0 Å². The highest BCUT2D eigenvalue weighted by Crippen LogP contribution is 2.25. The van der Waals surface area contributed by atoms with Crippen molar-refractivity contribution in [1.29, 1.82) is 0 Å². The molecule has 0 unspecified atom stereocenters. The molecule has 24 heavy (non-hydrogen) atoms. The summed E-state index contributed by atoms with van der Waals surface area (Å²) in [6.07, 6.45) is 0.314. The van der Waals surface area contributed by atoms with Gasteiger partial charge in [-0.05, 0) is 25.1 Å². The number of amides is 1. The fraction of sp³-hybridized carbons (Fsp3) is 0.412. The number of H-pyrrole nitrogens is 1. The molecule has 7 heteroatoms. The average molecular weight is 332 g/mol. The molecule has 1 aromatic heterocycles. The maximum Gasteiger partial charge on any atom is 0.228 e. The van der Waals surface area contributed by atoms with Gasteiger partial charge in [0.15, 0.2) is 11.6 Å². The molecule has 2 heterocycles. The second kappa shape index (κ2) is 6.90. The second-order valence-corrected chi connectivity index (χ2v) is 5.91. The fourth-order valence-corrected chi connectivity index (χ4v) is 2.89. The molecule has 0 atom stereocenters. The number of halogens is 1. The number of hydrogen-bond acceptors (Lipinski definition) is 4. The zero-order valence-corrected chi connectivity index (χ0v) is 13.9. The molecule has 0 saturated carbocycles. The van der Waals surface area contributed by atoms with Crippen molar-refractivity contribution in [1.82, 2.24) is 15.1 Å². The first-order valence-electron chi connectivity index (χ1n) is 7.94. The van der Waals surface area contributed by atoms with Gasteiger partial charge in [0, 0.05) is 43.6 Å². The molecule has 0 aliphatic carbocycles. The van der Waals surface area contributed by atoms with E-state index in [4.69, 9.17) is 4.74 Å². The molecule has 2 aromatic rings. The molecule has 128 valence electrons. The first kappa shape index (κ1) is 16.3. The quantitative estimate of drug-likeness (QED) is 0.927. The molecule has 0 spiro atoms. The van der Waals surface area contributed by atoms with Gasteiger partial charge in [-0.3, -0.25) is 9.89 Å². The van der Waals surface area contributed by atoms with Crippen molar-refractivity contribution in [3.05, 3.63) is 41.5 Å². The van der Waals surface area contributed by atoms with E-state index in [1.54, 1.807) is 12.1 Å². The number of aromatic nitrogens is 2. The van der Waals surface area contributed by atoms with E-state index in [1.807, 2.05) is 17.9 Å². The van der Waals surface area contributed by atoms with E-state index in [-0.39, 0.29) is 17.5 Å². The first-order valence-corrected chi connectivity index (χ1v) is 7.94. The van der Waals surface area contributed by atoms with Crippen molar-refractivity contribution in [3.63, 3.8) is 0 Å². The Morgan fingerprint density at radius 1 is 1.29 bits per heavy atom. The van der Waals surface area contributed by atoms with Gasteiger partial charge < -0.3 is 14.5 Å². The van der Waals surface area contributed by atoms with E-state index in [0.29, 0.717) is 32.6 Å². The lowest BCUT2D eigenvalue weighted by Crippen LogP contribution is -2.49. The number of carbonyl (C=O) groups is 1. The number of ether oxygens (including phenoxy) is 1. The third-order valence-electron chi connectivity index (χ3n) is 4.22. The lowest BCUT2D eigenvalue weighted by atomic mass is 10.2. The van der Waals surface area contributed by atoms with Gasteiger partial charge in [-0.25, -0.2) is 4.39 Å². The predicted octanol–water partition coefficient (Wildman–Crippen LogP) is 1.76. The van der Waals surface area contributed by atoms with Crippen molar-refractivity contribution in [2.75, 3.05) is 38.2 Å². The van der Waals surface area contributed by atoms with Crippen molar-refractivity contribution in [3.8, 4) is 5.75 Å². The minimum Gasteiger partial charge on any atom is -0.494 e. The minimum absolute atomic E-state index is 0.0813. The van der Waals surface area contributed by atoms with Gasteiger partial charge >= 0.3 is 0 Å². The highest BCUT2D eigenvalue weighted by Gasteiger charge is 2.22. The molecule has 3 rings (SSSR count). The van der Waals surface area contributed by atoms with Gasteiger partial charge in [0.25, 0.3) is 0 Å². The molecule has 1 N–H and O–H groups in total. The summed E-state index contributed by atoms with van der Waals surface area (Å²) in [4.78, 5) is 16.3. The minimum atomic E-state index is -0.371. The largest absolute Gasteiger partial charge is 0.494 e. The molecular formula is C17H21FN4O2. The number of rotatable bonds is 4. The summed E-state index contributed by atoms with van der Waals surface area (Å²) in [6.45, 7) is 4.61. The van der Waals surface area contributed by atoms with Gasteiger partial charge in [-0.1, -0.05) is 0 Å². The van der Waals surface area contributed by atoms with Crippen LogP contribution in [0.2, 0.25) is 0 Å². The van der Waals surface area contributed by atoms with Gasteiger partial charge in [0.1, 0.15) is 0 Å². The topological polar surface area (TPSA) is 61.5 Å². The maximum atomic E-state index is 13.5. The summed E-state index contributed by atoms with van der Waals surface area (Å²) >= 11 is 0. The Kier molecular flexibility index (Phi) is 4.69. The number of anilines is 1. The summed E-state index contributed by atoms with van der Waals surface area (Å²) in [5, 5.41) is 6.96. The summed E-state index contributed by atoms with van der Waals surface area (Å²) in [7, 11) is 1.45. The molecule has 1 fully saturated rings. The molecule has 1 aliphatic rings. The van der Waals surface area contributed by atoms with Gasteiger partial charge in [0.2, 0.25) is 5.91 Å². The van der Waals surface area contributed by atoms with Crippen LogP contribution in [0.5, 0.6) is 5.75 Å². The number of aryl methyl sites for hydroxylation is 1. The molecular weight excluding hydrogens is 311 g/mol. The van der Waals surface area contributed by atoms with Crippen LogP contribution in [0.3, 0.4) is 0 Å². The molecule has 1 saturated heterocycles. The number of nitrogens with one attached hydrogen (secondary N) is 1. The van der Waals surface area contributed by atoms with Gasteiger partial charge in [-0.15, -0.1) is 0 Å². The van der Waals surface area contributed by atoms with E-state index in [0.717, 1.165) is 17.1 Å². The monoisotopic (exact) mass is 332 g/mol. The van der Waals surface area contributed by atoms with Crippen LogP contribution in [0.1, 0.15) is 11.4 Å². The Balaban J connectivity index is 1.58. The van der Waals surface area contributed by atoms with Crippen molar-refractivity contribution in [2.45, 2.75) is 13.3 Å². The summed E-state index contributed by atoms with van der Waals surface area (Å²) in [5.41, 5.74) is 2.62. The maximum absolute atomic E-state index is 13.5. The molecule has 0 bridgehead atoms. The predicted molar refractivity (Wildman–Crippen MR) is 88.8 cm³/mol. The highest BCUT2D eigenvalue weighted by molar-refractivity contribution is 5.78. The third-order valence-corrected chi connectivity index (χ3v) is 4.22. The Morgan fingerprint density at radius 2 is 2.04 bits per heavy atom. The number of aromatic amines is 1. The lowest BCUT2D eigenvalue weighted by molar-refractivity contribution is -0.130. The number of nitrogens with zero attached hydrogens (tertiary/aromatic N) is 3. The Bertz CT molecular complexity index is 723. The number of benzene rings is 1. The van der Waals surface area contributed by atoms with Crippen LogP contribution in [0, 0.1) is 12.7 Å². The Morgan fingerprint density at radius 3 is 2.67 bits per heavy atom. The normalized spacial score (nSPS) is 14.8. The van der Waals surface area contributed by atoms with E-state index in [2.05, 4.69) is 15.1 Å². The SMILES string of the molecule is COc1cc(N2CCN(C(=O)Cc3cc(C)[nH]n3)CC2)ccc1F. The smallest absolute Gasteiger partial charge is 0.228 e. The van der Waals surface area contributed by atoms with Crippen LogP contribution < -0.4 is 9.64 Å². The summed E-state index contributed by atoms with van der Waals surface area (Å²) < 4.78 is 18.5. The molecule has 1 aliphatic heterocycles. The van der Waals surface area contributed by atoms with Crippen molar-refractivity contribution in [2.24, 2.45) is 0 Å². The fourth-order valence-electron chi connectivity index (χ4n) is 2.89. The second-order valence-electron chi connectivity index (χ2n) is 5.91. The third kappa shape index (κ3) is 3.50. The van der Waals surface area contributed by atoms with E-state index in [1.165, 1.54) is 13.2 Å². The van der Waals surface area contributed by atoms with Crippen LogP contribution >= 0.6 is 0 Å². The zero-order valence-electron chi connectivity index (χ0n) is 13.9. The molecule has 1 aromatic carbocycles. The summed E-state index contributed by atoms with van der Waals surface area (Å²) in [6, 6.07) is 6.73. The number of hydrogen-bond donors (Lipinski definition) is 1. The van der Waals surface area contributed by atoms with Crippen LogP contribution in [-0.2, 0) is 11.2 Å². The van der Waals surface area contributed by atoms with E-state index >= 15 is 0 Å². The molecule has 6 nitrogen and oxygen atoms in total. The number of methoxy groups -OCH3 is 1. The zero-order chi connectivity index (χ0) is 17.1. The molecule has 1 amide bonds. The van der Waals surface area contributed by atoms with Gasteiger partial charge in [0.05, 0.1) is 19.2 Å². The lowest BCUT2D eigenvalue weighted by Gasteiger charge is -2.36. The molecule has 0 radical (unpaired) electrons. The first-order chi connectivity index (χ1) is 11.6. The van der Waals surface area contributed by atoms with Crippen LogP contribution in [0.25, 0.3) is 0 Å². The van der Waals surface area contributed by atoms with Crippen LogP contribution in [0.15, 0.2) is 24.3 Å². The Labute approximate surface area is 140 Å². The van der Waals surface area contributed by atoms with E-state index in [9.17, 15) is 9.18 Å². The van der Waals surface area contributed by atoms with Crippen molar-refractivity contribution >= 4 is 11.6 Å². The van der Waals surface area contributed by atoms with Crippen molar-refractivity contribution < 1.29 is 13.9 Å². The highest BCUT2D eigenvalue weighted by atomic mass is 19.1. The number of carbonyl (C=O) groups excluding carboxylic acids is 1. The van der Waals surface area contributed by atoms with Crippen LogP contribution in [0.4, 0.5) is 10.1 Å².